The molecule has 7 nitrogen and oxygen atoms in total. The Kier molecular flexibility index (Phi) is 8.69. The largest absolute Gasteiger partial charge is 0.491 e. The Morgan fingerprint density at radius 1 is 1.24 bits per heavy atom. The number of ether oxygens (including phenoxy) is 3. The fourth-order valence-corrected chi connectivity index (χ4v) is 5.74. The second-order valence-electron chi connectivity index (χ2n) is 8.80. The van der Waals surface area contributed by atoms with Crippen molar-refractivity contribution in [3.63, 3.8) is 0 Å². The van der Waals surface area contributed by atoms with Crippen LogP contribution in [0.25, 0.3) is 6.08 Å². The van der Waals surface area contributed by atoms with E-state index in [1.807, 2.05) is 62.4 Å². The number of thiazole rings is 1. The lowest BCUT2D eigenvalue weighted by Crippen LogP contribution is -2.40. The third-order valence-corrected chi connectivity index (χ3v) is 7.31. The number of carbonyl (C=O) groups is 1. The molecule has 0 N–H and O–H groups in total. The molecule has 1 aliphatic rings. The molecule has 198 valence electrons. The Labute approximate surface area is 233 Å². The van der Waals surface area contributed by atoms with Gasteiger partial charge in [0.15, 0.2) is 4.80 Å². The van der Waals surface area contributed by atoms with E-state index in [1.54, 1.807) is 24.5 Å². The molecule has 1 aliphatic heterocycles. The molecule has 2 heterocycles. The van der Waals surface area contributed by atoms with Gasteiger partial charge in [0, 0.05) is 5.56 Å². The third kappa shape index (κ3) is 5.68. The van der Waals surface area contributed by atoms with E-state index < -0.39 is 12.0 Å². The van der Waals surface area contributed by atoms with Crippen molar-refractivity contribution in [1.29, 1.82) is 0 Å². The normalized spacial score (nSPS) is 15.2. The summed E-state index contributed by atoms with van der Waals surface area (Å²) in [5.74, 6) is 0.768. The van der Waals surface area contributed by atoms with E-state index >= 15 is 0 Å². The molecule has 0 saturated carbocycles. The summed E-state index contributed by atoms with van der Waals surface area (Å²) in [6.07, 6.45) is 3.39. The third-order valence-electron chi connectivity index (χ3n) is 5.70. The molecule has 0 fully saturated rings. The molecule has 3 aromatic rings. The highest BCUT2D eigenvalue weighted by Crippen LogP contribution is 2.36. The topological polar surface area (TPSA) is 79.1 Å². The summed E-state index contributed by atoms with van der Waals surface area (Å²) >= 11 is 4.80. The monoisotopic (exact) mass is 596 g/mol. The smallest absolute Gasteiger partial charge is 0.338 e. The number of allylic oxidation sites excluding steroid dienone is 1. The maximum Gasteiger partial charge on any atom is 0.338 e. The van der Waals surface area contributed by atoms with Gasteiger partial charge in [0.2, 0.25) is 0 Å². The van der Waals surface area contributed by atoms with Crippen molar-refractivity contribution in [2.24, 2.45) is 4.99 Å². The Bertz CT molecular complexity index is 1580. The average molecular weight is 598 g/mol. The highest BCUT2D eigenvalue weighted by atomic mass is 79.9. The lowest BCUT2D eigenvalue weighted by atomic mass is 9.95. The molecule has 2 aromatic carbocycles. The summed E-state index contributed by atoms with van der Waals surface area (Å²) in [5.41, 5.74) is 2.08. The summed E-state index contributed by atoms with van der Waals surface area (Å²) in [4.78, 5) is 32.2. The number of hydrogen-bond acceptors (Lipinski definition) is 7. The Hall–Kier alpha value is -3.43. The number of esters is 1. The van der Waals surface area contributed by atoms with Crippen molar-refractivity contribution in [1.82, 2.24) is 4.57 Å². The fraction of sp³-hybridized carbons (Fsp3) is 0.276. The molecule has 0 unspecified atom stereocenters. The summed E-state index contributed by atoms with van der Waals surface area (Å²) < 4.78 is 19.9. The first kappa shape index (κ1) is 27.6. The van der Waals surface area contributed by atoms with Crippen molar-refractivity contribution in [2.75, 3.05) is 13.2 Å². The van der Waals surface area contributed by atoms with Crippen molar-refractivity contribution >= 4 is 39.3 Å². The van der Waals surface area contributed by atoms with E-state index in [9.17, 15) is 9.59 Å². The second-order valence-corrected chi connectivity index (χ2v) is 10.7. The zero-order valence-corrected chi connectivity index (χ0v) is 24.1. The quantitative estimate of drug-likeness (QED) is 0.259. The van der Waals surface area contributed by atoms with Crippen LogP contribution in [0.4, 0.5) is 0 Å². The van der Waals surface area contributed by atoms with Crippen molar-refractivity contribution in [3.05, 3.63) is 102 Å². The van der Waals surface area contributed by atoms with Crippen molar-refractivity contribution in [3.8, 4) is 11.5 Å². The molecule has 1 aromatic heterocycles. The van der Waals surface area contributed by atoms with Crippen molar-refractivity contribution in [2.45, 2.75) is 39.8 Å². The van der Waals surface area contributed by atoms with Crippen LogP contribution in [0.2, 0.25) is 0 Å². The second kappa shape index (κ2) is 12.0. The highest BCUT2D eigenvalue weighted by Gasteiger charge is 2.35. The Morgan fingerprint density at radius 3 is 2.68 bits per heavy atom. The number of benzene rings is 2. The number of aromatic nitrogens is 1. The minimum Gasteiger partial charge on any atom is -0.491 e. The molecule has 0 saturated heterocycles. The van der Waals surface area contributed by atoms with Gasteiger partial charge in [0.1, 0.15) is 24.1 Å². The Morgan fingerprint density at radius 2 is 2.00 bits per heavy atom. The van der Waals surface area contributed by atoms with Gasteiger partial charge < -0.3 is 14.2 Å². The molecule has 38 heavy (non-hydrogen) atoms. The number of nitrogens with zero attached hydrogens (tertiary/aromatic N) is 2. The molecule has 0 bridgehead atoms. The summed E-state index contributed by atoms with van der Waals surface area (Å²) in [6.45, 7) is 11.6. The van der Waals surface area contributed by atoms with E-state index in [1.165, 1.54) is 11.3 Å². The van der Waals surface area contributed by atoms with E-state index in [-0.39, 0.29) is 18.3 Å². The van der Waals surface area contributed by atoms with Crippen molar-refractivity contribution < 1.29 is 19.0 Å². The van der Waals surface area contributed by atoms with Crippen LogP contribution in [-0.4, -0.2) is 29.9 Å². The van der Waals surface area contributed by atoms with Gasteiger partial charge in [0.05, 0.1) is 33.0 Å². The first-order chi connectivity index (χ1) is 18.2. The highest BCUT2D eigenvalue weighted by molar-refractivity contribution is 9.10. The molecule has 0 aliphatic carbocycles. The van der Waals surface area contributed by atoms with Gasteiger partial charge in [-0.1, -0.05) is 48.3 Å². The molecule has 1 atom stereocenters. The van der Waals surface area contributed by atoms with Crippen LogP contribution in [0.3, 0.4) is 0 Å². The number of carbonyl (C=O) groups excluding carboxylic acids is 1. The number of halogens is 1. The van der Waals surface area contributed by atoms with Gasteiger partial charge in [-0.15, -0.1) is 0 Å². The average Bonchev–Trinajstić information content (AvgIpc) is 3.17. The van der Waals surface area contributed by atoms with Gasteiger partial charge in [-0.25, -0.2) is 9.79 Å². The van der Waals surface area contributed by atoms with Crippen LogP contribution in [-0.2, 0) is 9.53 Å². The van der Waals surface area contributed by atoms with Crippen LogP contribution in [0, 0.1) is 0 Å². The van der Waals surface area contributed by atoms with E-state index in [0.29, 0.717) is 44.3 Å². The summed E-state index contributed by atoms with van der Waals surface area (Å²) in [6, 6.07) is 12.3. The summed E-state index contributed by atoms with van der Waals surface area (Å²) in [5, 5.41) is 0. The van der Waals surface area contributed by atoms with Gasteiger partial charge in [-0.05, 0) is 73.5 Å². The predicted octanol–water partition coefficient (Wildman–Crippen LogP) is 4.91. The standard InChI is InChI=1S/C29H29BrN2O5S/c1-6-14-36-23-13-12-19(15-21(23)30)16-24-27(33)32-26(20-10-8-9-11-22(20)37-17(3)4)25(28(34)35-7-2)18(5)31-29(32)38-24/h6,8-13,15-17,26H,1,7,14H2,2-5H3/b24-16+/t26-/m0/s1. The van der Waals surface area contributed by atoms with E-state index in [4.69, 9.17) is 14.2 Å². The van der Waals surface area contributed by atoms with Crippen LogP contribution < -0.4 is 24.4 Å². The lowest BCUT2D eigenvalue weighted by Gasteiger charge is -2.26. The fourth-order valence-electron chi connectivity index (χ4n) is 4.18. The number of para-hydroxylation sites is 1. The molecule has 4 rings (SSSR count). The van der Waals surface area contributed by atoms with Crippen LogP contribution >= 0.6 is 27.3 Å². The minimum atomic E-state index is -0.746. The maximum absolute atomic E-state index is 13.9. The van der Waals surface area contributed by atoms with Crippen LogP contribution in [0.15, 0.2) is 80.6 Å². The van der Waals surface area contributed by atoms with E-state index in [0.717, 1.165) is 10.0 Å². The van der Waals surface area contributed by atoms with Crippen LogP contribution in [0.1, 0.15) is 44.9 Å². The maximum atomic E-state index is 13.9. The SMILES string of the molecule is C=CCOc1ccc(/C=c2/sc3n(c2=O)[C@@H](c2ccccc2OC(C)C)C(C(=O)OCC)=C(C)N=3)cc1Br. The Balaban J connectivity index is 1.91. The number of rotatable bonds is 9. The zero-order chi connectivity index (χ0) is 27.4. The first-order valence-corrected chi connectivity index (χ1v) is 13.8. The molecule has 9 heteroatoms. The van der Waals surface area contributed by atoms with Crippen LogP contribution in [0.5, 0.6) is 11.5 Å². The number of hydrogen-bond donors (Lipinski definition) is 0. The molecular weight excluding hydrogens is 568 g/mol. The van der Waals surface area contributed by atoms with E-state index in [2.05, 4.69) is 27.5 Å². The first-order valence-electron chi connectivity index (χ1n) is 12.2. The van der Waals surface area contributed by atoms with Gasteiger partial charge in [-0.2, -0.15) is 0 Å². The lowest BCUT2D eigenvalue weighted by molar-refractivity contribution is -0.139. The van der Waals surface area contributed by atoms with Gasteiger partial charge in [0.25, 0.3) is 5.56 Å². The summed E-state index contributed by atoms with van der Waals surface area (Å²) in [7, 11) is 0. The number of fused-ring (bicyclic) bond motifs is 1. The molecule has 0 radical (unpaired) electrons. The van der Waals surface area contributed by atoms with Gasteiger partial charge in [-0.3, -0.25) is 9.36 Å². The minimum absolute atomic E-state index is 0.0972. The van der Waals surface area contributed by atoms with Gasteiger partial charge >= 0.3 is 5.97 Å². The predicted molar refractivity (Wildman–Crippen MR) is 152 cm³/mol. The molecule has 0 spiro atoms. The zero-order valence-electron chi connectivity index (χ0n) is 21.7. The molecule has 0 amide bonds. The molecular formula is C29H29BrN2O5S.